The molecule has 3 heteroatoms. The predicted octanol–water partition coefficient (Wildman–Crippen LogP) is 4.43. The molecule has 26 heavy (non-hydrogen) atoms. The average molecular weight is 354 g/mol. The minimum Gasteiger partial charge on any atom is -0.462 e. The average Bonchev–Trinajstić information content (AvgIpc) is 2.88. The van der Waals surface area contributed by atoms with Gasteiger partial charge in [0, 0.05) is 19.0 Å². The number of carbonyl (C=O) groups excluding carboxylic acids is 1. The van der Waals surface area contributed by atoms with Crippen molar-refractivity contribution < 1.29 is 9.53 Å². The Kier molecular flexibility index (Phi) is 4.68. The van der Waals surface area contributed by atoms with Gasteiger partial charge < -0.3 is 9.64 Å². The summed E-state index contributed by atoms with van der Waals surface area (Å²) in [4.78, 5) is 14.9. The smallest absolute Gasteiger partial charge is 0.310 e. The largest absolute Gasteiger partial charge is 0.462 e. The summed E-state index contributed by atoms with van der Waals surface area (Å²) in [5.41, 5.74) is 2.98. The molecule has 3 aliphatic rings. The Morgan fingerprint density at radius 1 is 1.31 bits per heavy atom. The van der Waals surface area contributed by atoms with Gasteiger partial charge in [0.05, 0.1) is 5.92 Å². The van der Waals surface area contributed by atoms with Crippen LogP contribution in [0, 0.1) is 23.2 Å². The number of benzene rings is 1. The Hall–Kier alpha value is -1.61. The fourth-order valence-electron chi connectivity index (χ4n) is 5.76. The molecule has 1 aromatic carbocycles. The Labute approximate surface area is 157 Å². The van der Waals surface area contributed by atoms with Crippen molar-refractivity contribution in [2.24, 2.45) is 23.2 Å². The molecule has 0 unspecified atom stereocenters. The first kappa shape index (κ1) is 17.8. The second kappa shape index (κ2) is 6.84. The Morgan fingerprint density at radius 3 is 2.85 bits per heavy atom. The summed E-state index contributed by atoms with van der Waals surface area (Å²) in [5.74, 6) is 0.948. The van der Waals surface area contributed by atoms with Crippen LogP contribution >= 0.6 is 0 Å². The van der Waals surface area contributed by atoms with Gasteiger partial charge in [-0.05, 0) is 56.0 Å². The van der Waals surface area contributed by atoms with Gasteiger partial charge in [-0.1, -0.05) is 49.4 Å². The number of nitrogens with zero attached hydrogens (tertiary/aromatic N) is 1. The number of hydrogen-bond acceptors (Lipinski definition) is 3. The van der Waals surface area contributed by atoms with Crippen molar-refractivity contribution in [3.63, 3.8) is 0 Å². The number of esters is 1. The van der Waals surface area contributed by atoms with E-state index in [1.54, 1.807) is 0 Å². The van der Waals surface area contributed by atoms with Crippen LogP contribution in [0.5, 0.6) is 0 Å². The minimum absolute atomic E-state index is 0.00740. The summed E-state index contributed by atoms with van der Waals surface area (Å²) in [5, 5.41) is 0. The lowest BCUT2D eigenvalue weighted by Gasteiger charge is -2.50. The summed E-state index contributed by atoms with van der Waals surface area (Å²) in [6.45, 7) is 8.43. The van der Waals surface area contributed by atoms with E-state index in [1.165, 1.54) is 24.0 Å². The molecule has 2 aliphatic carbocycles. The molecule has 0 aromatic heterocycles. The summed E-state index contributed by atoms with van der Waals surface area (Å²) in [7, 11) is 2.11. The molecular weight excluding hydrogens is 322 g/mol. The lowest BCUT2D eigenvalue weighted by Crippen LogP contribution is -2.45. The van der Waals surface area contributed by atoms with Gasteiger partial charge in [0.25, 0.3) is 0 Å². The van der Waals surface area contributed by atoms with E-state index in [9.17, 15) is 4.79 Å². The third-order valence-corrected chi connectivity index (χ3v) is 7.12. The normalized spacial score (nSPS) is 36.6. The molecule has 5 atom stereocenters. The maximum Gasteiger partial charge on any atom is 0.310 e. The first-order valence-electron chi connectivity index (χ1n) is 10.1. The van der Waals surface area contributed by atoms with E-state index in [0.29, 0.717) is 11.8 Å². The molecule has 0 amide bonds. The highest BCUT2D eigenvalue weighted by Crippen LogP contribution is 2.56. The highest BCUT2D eigenvalue weighted by atomic mass is 16.6. The van der Waals surface area contributed by atoms with E-state index in [-0.39, 0.29) is 23.4 Å². The number of fused-ring (bicyclic) bond motifs is 2. The zero-order valence-corrected chi connectivity index (χ0v) is 16.1. The fraction of sp³-hybridized carbons (Fsp3) is 0.609. The lowest BCUT2D eigenvalue weighted by molar-refractivity contribution is -0.146. The van der Waals surface area contributed by atoms with Crippen LogP contribution in [0.25, 0.3) is 0 Å². The van der Waals surface area contributed by atoms with Gasteiger partial charge in [0.1, 0.15) is 6.10 Å². The van der Waals surface area contributed by atoms with Gasteiger partial charge in [-0.2, -0.15) is 0 Å². The van der Waals surface area contributed by atoms with E-state index < -0.39 is 0 Å². The van der Waals surface area contributed by atoms with Crippen LogP contribution < -0.4 is 0 Å². The second-order valence-electron chi connectivity index (χ2n) is 9.09. The first-order chi connectivity index (χ1) is 12.5. The lowest BCUT2D eigenvalue weighted by atomic mass is 9.55. The predicted molar refractivity (Wildman–Crippen MR) is 103 cm³/mol. The second-order valence-corrected chi connectivity index (χ2v) is 9.09. The van der Waals surface area contributed by atoms with Crippen molar-refractivity contribution in [3.05, 3.63) is 48.0 Å². The zero-order chi connectivity index (χ0) is 18.3. The van der Waals surface area contributed by atoms with Crippen LogP contribution in [0.2, 0.25) is 0 Å². The summed E-state index contributed by atoms with van der Waals surface area (Å²) >= 11 is 0. The monoisotopic (exact) mass is 353 g/mol. The van der Waals surface area contributed by atoms with Crippen molar-refractivity contribution in [2.45, 2.75) is 51.7 Å². The Morgan fingerprint density at radius 2 is 2.08 bits per heavy atom. The first-order valence-corrected chi connectivity index (χ1v) is 10.1. The molecule has 2 saturated carbocycles. The van der Waals surface area contributed by atoms with Crippen molar-refractivity contribution in [1.82, 2.24) is 4.90 Å². The number of rotatable bonds is 4. The van der Waals surface area contributed by atoms with Gasteiger partial charge in [-0.3, -0.25) is 4.79 Å². The van der Waals surface area contributed by atoms with Gasteiger partial charge in [0.15, 0.2) is 0 Å². The van der Waals surface area contributed by atoms with Crippen molar-refractivity contribution in [1.29, 1.82) is 0 Å². The molecule has 0 spiro atoms. The van der Waals surface area contributed by atoms with Crippen LogP contribution in [0.15, 0.2) is 42.5 Å². The van der Waals surface area contributed by atoms with E-state index in [2.05, 4.69) is 49.7 Å². The van der Waals surface area contributed by atoms with Gasteiger partial charge in [0.2, 0.25) is 0 Å². The number of ether oxygens (including phenoxy) is 1. The van der Waals surface area contributed by atoms with Gasteiger partial charge >= 0.3 is 5.97 Å². The molecule has 1 aromatic rings. The Bertz CT molecular complexity index is 685. The molecule has 0 N–H and O–H groups in total. The van der Waals surface area contributed by atoms with Gasteiger partial charge in [-0.15, -0.1) is 0 Å². The molecule has 0 bridgehead atoms. The molecule has 1 heterocycles. The van der Waals surface area contributed by atoms with Crippen LogP contribution in [-0.2, 0) is 16.1 Å². The van der Waals surface area contributed by atoms with Gasteiger partial charge in [-0.25, -0.2) is 0 Å². The van der Waals surface area contributed by atoms with E-state index in [4.69, 9.17) is 4.74 Å². The van der Waals surface area contributed by atoms with E-state index in [1.807, 2.05) is 6.07 Å². The number of carbonyl (C=O) groups is 1. The topological polar surface area (TPSA) is 29.5 Å². The van der Waals surface area contributed by atoms with E-state index >= 15 is 0 Å². The van der Waals surface area contributed by atoms with Crippen molar-refractivity contribution in [2.75, 3.05) is 13.6 Å². The van der Waals surface area contributed by atoms with Crippen molar-refractivity contribution >= 4 is 5.97 Å². The van der Waals surface area contributed by atoms with Crippen LogP contribution in [0.1, 0.15) is 44.6 Å². The van der Waals surface area contributed by atoms with Crippen LogP contribution in [-0.4, -0.2) is 30.6 Å². The highest BCUT2D eigenvalue weighted by molar-refractivity contribution is 5.75. The zero-order valence-electron chi connectivity index (χ0n) is 16.1. The number of allylic oxidation sites excluding steroid dienone is 1. The minimum atomic E-state index is 0.00740. The molecule has 4 rings (SSSR count). The molecule has 1 saturated heterocycles. The standard InChI is InChI=1S/C23H31NO2/c1-16-8-7-11-23(2)13-21-18(12-20(16)23)19(22(25)26-21)15-24(3)14-17-9-5-4-6-10-17/h4-6,9-10,18-21H,1,7-8,11-15H2,2-3H3/t18-,19-,20+,21-,23-/m1/s1. The molecule has 3 fully saturated rings. The third-order valence-electron chi connectivity index (χ3n) is 7.12. The SMILES string of the molecule is C=C1CCC[C@]2(C)C[C@H]3OC(=O)[C@H](CN(C)Cc4ccccc4)[C@H]3C[C@@H]12. The third kappa shape index (κ3) is 3.22. The molecule has 140 valence electrons. The fourth-order valence-corrected chi connectivity index (χ4v) is 5.76. The van der Waals surface area contributed by atoms with Crippen LogP contribution in [0.4, 0.5) is 0 Å². The van der Waals surface area contributed by atoms with E-state index in [0.717, 1.165) is 32.4 Å². The molecule has 3 nitrogen and oxygen atoms in total. The maximum absolute atomic E-state index is 12.6. The Balaban J connectivity index is 1.46. The van der Waals surface area contributed by atoms with Crippen molar-refractivity contribution in [3.8, 4) is 0 Å². The highest BCUT2D eigenvalue weighted by Gasteiger charge is 2.55. The quantitative estimate of drug-likeness (QED) is 0.592. The molecule has 0 radical (unpaired) electrons. The number of hydrogen-bond donors (Lipinski definition) is 0. The summed E-state index contributed by atoms with van der Waals surface area (Å²) in [6.07, 6.45) is 5.85. The van der Waals surface area contributed by atoms with Crippen LogP contribution in [0.3, 0.4) is 0 Å². The molecule has 1 aliphatic heterocycles. The summed E-state index contributed by atoms with van der Waals surface area (Å²) in [6, 6.07) is 10.5. The maximum atomic E-state index is 12.6. The molecular formula is C23H31NO2. The summed E-state index contributed by atoms with van der Waals surface area (Å²) < 4.78 is 5.88.